The number of carbonyl (C=O) groups is 1. The summed E-state index contributed by atoms with van der Waals surface area (Å²) in [5, 5.41) is 0. The second-order valence-corrected chi connectivity index (χ2v) is 7.52. The summed E-state index contributed by atoms with van der Waals surface area (Å²) in [6.45, 7) is 16.3. The van der Waals surface area contributed by atoms with Gasteiger partial charge in [0.25, 0.3) is 0 Å². The third-order valence-electron chi connectivity index (χ3n) is 5.48. The van der Waals surface area contributed by atoms with E-state index in [1.807, 2.05) is 26.0 Å². The molecule has 0 aliphatic carbocycles. The van der Waals surface area contributed by atoms with Crippen molar-refractivity contribution in [3.05, 3.63) is 70.8 Å². The minimum atomic E-state index is 0.0801. The summed E-state index contributed by atoms with van der Waals surface area (Å²) in [7, 11) is 0. The van der Waals surface area contributed by atoms with Gasteiger partial charge in [0.05, 0.1) is 0 Å². The first kappa shape index (κ1) is 23.5. The molecule has 0 heterocycles. The smallest absolute Gasteiger partial charge is 0.184 e. The first-order chi connectivity index (χ1) is 14.4. The van der Waals surface area contributed by atoms with E-state index in [1.54, 1.807) is 0 Å². The minimum absolute atomic E-state index is 0.0801. The fourth-order valence-corrected chi connectivity index (χ4v) is 3.74. The average Bonchev–Trinajstić information content (AvgIpc) is 2.75. The maximum Gasteiger partial charge on any atom is 0.184 e. The second-order valence-electron chi connectivity index (χ2n) is 7.52. The van der Waals surface area contributed by atoms with Crippen LogP contribution in [0.1, 0.15) is 52.7 Å². The number of rotatable bonds is 10. The summed E-state index contributed by atoms with van der Waals surface area (Å²) in [5.41, 5.74) is 5.99. The van der Waals surface area contributed by atoms with Gasteiger partial charge >= 0.3 is 0 Å². The van der Waals surface area contributed by atoms with Crippen LogP contribution in [-0.2, 0) is 4.79 Å². The summed E-state index contributed by atoms with van der Waals surface area (Å²) in [6, 6.07) is 16.8. The van der Waals surface area contributed by atoms with Crippen LogP contribution in [0, 0.1) is 0 Å². The van der Waals surface area contributed by atoms with E-state index in [1.165, 1.54) is 11.4 Å². The van der Waals surface area contributed by atoms with Gasteiger partial charge in [-0.2, -0.15) is 0 Å². The number of nitrogens with zero attached hydrogens (tertiary/aromatic N) is 2. The Balaban J connectivity index is 2.23. The third kappa shape index (κ3) is 6.09. The van der Waals surface area contributed by atoms with Crippen LogP contribution < -0.4 is 9.80 Å². The highest BCUT2D eigenvalue weighted by Crippen LogP contribution is 2.21. The summed E-state index contributed by atoms with van der Waals surface area (Å²) in [5.74, 6) is 0.0801. The summed E-state index contributed by atoms with van der Waals surface area (Å²) in [4.78, 5) is 17.6. The first-order valence-corrected chi connectivity index (χ1v) is 11.0. The SMILES string of the molecule is CCN(CC)c1cccc(C=C(C)C(=O)C(C)=Cc2cccc(N(CC)CC)c2)c1. The molecule has 0 atom stereocenters. The van der Waals surface area contributed by atoms with E-state index in [4.69, 9.17) is 0 Å². The van der Waals surface area contributed by atoms with Crippen molar-refractivity contribution in [3.8, 4) is 0 Å². The standard InChI is InChI=1S/C27H36N2O/c1-7-28(8-2)25-15-11-13-23(19-25)17-21(5)27(30)22(6)18-24-14-12-16-26(20-24)29(9-3)10-4/h11-20H,7-10H2,1-6H3. The zero-order chi connectivity index (χ0) is 22.1. The van der Waals surface area contributed by atoms with E-state index in [2.05, 4.69) is 86.0 Å². The van der Waals surface area contributed by atoms with Crippen LogP contribution in [0.3, 0.4) is 0 Å². The molecule has 2 aromatic carbocycles. The molecule has 160 valence electrons. The van der Waals surface area contributed by atoms with Crippen LogP contribution in [0.2, 0.25) is 0 Å². The zero-order valence-corrected chi connectivity index (χ0v) is 19.4. The summed E-state index contributed by atoms with van der Waals surface area (Å²) in [6.07, 6.45) is 3.97. The molecule has 2 rings (SSSR count). The highest BCUT2D eigenvalue weighted by atomic mass is 16.1. The Bertz CT molecular complexity index is 829. The zero-order valence-electron chi connectivity index (χ0n) is 19.4. The fraction of sp³-hybridized carbons (Fsp3) is 0.370. The predicted octanol–water partition coefficient (Wildman–Crippen LogP) is 6.45. The van der Waals surface area contributed by atoms with E-state index in [0.717, 1.165) is 48.5 Å². The van der Waals surface area contributed by atoms with Crippen molar-refractivity contribution in [2.45, 2.75) is 41.5 Å². The number of hydrogen-bond donors (Lipinski definition) is 0. The van der Waals surface area contributed by atoms with Gasteiger partial charge in [-0.3, -0.25) is 4.79 Å². The number of benzene rings is 2. The lowest BCUT2D eigenvalue weighted by atomic mass is 10.0. The highest BCUT2D eigenvalue weighted by Gasteiger charge is 2.09. The van der Waals surface area contributed by atoms with E-state index in [0.29, 0.717) is 0 Å². The molecule has 2 aromatic rings. The maximum atomic E-state index is 13.0. The molecule has 0 amide bonds. The van der Waals surface area contributed by atoms with Crippen LogP contribution in [0.4, 0.5) is 11.4 Å². The molecule has 0 radical (unpaired) electrons. The van der Waals surface area contributed by atoms with Gasteiger partial charge < -0.3 is 9.80 Å². The highest BCUT2D eigenvalue weighted by molar-refractivity contribution is 6.12. The molecule has 3 heteroatoms. The molecule has 0 spiro atoms. The first-order valence-electron chi connectivity index (χ1n) is 11.0. The molecular weight excluding hydrogens is 368 g/mol. The molecule has 0 aromatic heterocycles. The second kappa shape index (κ2) is 11.4. The van der Waals surface area contributed by atoms with Crippen LogP contribution in [-0.4, -0.2) is 32.0 Å². The van der Waals surface area contributed by atoms with E-state index < -0.39 is 0 Å². The normalized spacial score (nSPS) is 12.1. The largest absolute Gasteiger partial charge is 0.372 e. The minimum Gasteiger partial charge on any atom is -0.372 e. The molecule has 0 unspecified atom stereocenters. The summed E-state index contributed by atoms with van der Waals surface area (Å²) < 4.78 is 0. The van der Waals surface area contributed by atoms with Gasteiger partial charge in [-0.25, -0.2) is 0 Å². The van der Waals surface area contributed by atoms with Crippen molar-refractivity contribution in [1.82, 2.24) is 0 Å². The van der Waals surface area contributed by atoms with Gasteiger partial charge in [0.2, 0.25) is 0 Å². The van der Waals surface area contributed by atoms with Crippen molar-refractivity contribution in [3.63, 3.8) is 0 Å². The molecular formula is C27H36N2O. The Hall–Kier alpha value is -2.81. The topological polar surface area (TPSA) is 23.6 Å². The van der Waals surface area contributed by atoms with E-state index in [-0.39, 0.29) is 5.78 Å². The molecule has 30 heavy (non-hydrogen) atoms. The predicted molar refractivity (Wildman–Crippen MR) is 132 cm³/mol. The van der Waals surface area contributed by atoms with Crippen LogP contribution in [0.5, 0.6) is 0 Å². The number of Topliss-reactive ketones (excluding diaryl/α,β-unsaturated/α-hetero) is 1. The number of allylic oxidation sites excluding steroid dienone is 2. The molecule has 0 saturated heterocycles. The van der Waals surface area contributed by atoms with Gasteiger partial charge in [0, 0.05) is 37.6 Å². The van der Waals surface area contributed by atoms with Crippen molar-refractivity contribution in [1.29, 1.82) is 0 Å². The van der Waals surface area contributed by atoms with Crippen molar-refractivity contribution < 1.29 is 4.79 Å². The Morgan fingerprint density at radius 2 is 1.07 bits per heavy atom. The average molecular weight is 405 g/mol. The van der Waals surface area contributed by atoms with Gasteiger partial charge in [-0.15, -0.1) is 0 Å². The lowest BCUT2D eigenvalue weighted by Gasteiger charge is -2.21. The number of anilines is 2. The third-order valence-corrected chi connectivity index (χ3v) is 5.48. The Morgan fingerprint density at radius 1 is 0.700 bits per heavy atom. The van der Waals surface area contributed by atoms with Crippen molar-refractivity contribution in [2.24, 2.45) is 0 Å². The van der Waals surface area contributed by atoms with Crippen LogP contribution in [0.25, 0.3) is 12.2 Å². The molecule has 0 bridgehead atoms. The lowest BCUT2D eigenvalue weighted by Crippen LogP contribution is -2.21. The molecule has 0 fully saturated rings. The summed E-state index contributed by atoms with van der Waals surface area (Å²) >= 11 is 0. The van der Waals surface area contributed by atoms with Gasteiger partial charge in [0.1, 0.15) is 0 Å². The van der Waals surface area contributed by atoms with Gasteiger partial charge in [-0.05, 0) is 100 Å². The fourth-order valence-electron chi connectivity index (χ4n) is 3.74. The Labute approximate surface area is 182 Å². The van der Waals surface area contributed by atoms with Crippen molar-refractivity contribution >= 4 is 29.3 Å². The van der Waals surface area contributed by atoms with E-state index in [9.17, 15) is 4.79 Å². The van der Waals surface area contributed by atoms with Crippen LogP contribution >= 0.6 is 0 Å². The van der Waals surface area contributed by atoms with Gasteiger partial charge in [-0.1, -0.05) is 24.3 Å². The Morgan fingerprint density at radius 3 is 1.40 bits per heavy atom. The lowest BCUT2D eigenvalue weighted by molar-refractivity contribution is -0.112. The molecule has 0 saturated carbocycles. The monoisotopic (exact) mass is 404 g/mol. The Kier molecular flexibility index (Phi) is 8.91. The van der Waals surface area contributed by atoms with Crippen LogP contribution in [0.15, 0.2) is 59.7 Å². The number of ketones is 1. The number of carbonyl (C=O) groups excluding carboxylic acids is 1. The molecule has 3 nitrogen and oxygen atoms in total. The van der Waals surface area contributed by atoms with E-state index >= 15 is 0 Å². The number of hydrogen-bond acceptors (Lipinski definition) is 3. The molecule has 0 aliphatic rings. The molecule has 0 N–H and O–H groups in total. The van der Waals surface area contributed by atoms with Crippen molar-refractivity contribution in [2.75, 3.05) is 36.0 Å². The molecule has 0 aliphatic heterocycles. The van der Waals surface area contributed by atoms with Gasteiger partial charge in [0.15, 0.2) is 5.78 Å². The quantitative estimate of drug-likeness (QED) is 0.425. The maximum absolute atomic E-state index is 13.0.